The van der Waals surface area contributed by atoms with Gasteiger partial charge in [-0.25, -0.2) is 0 Å². The van der Waals surface area contributed by atoms with E-state index in [0.29, 0.717) is 5.92 Å². The largest absolute Gasteiger partial charge is 0.481 e. The van der Waals surface area contributed by atoms with Gasteiger partial charge in [-0.1, -0.05) is 38.8 Å². The van der Waals surface area contributed by atoms with Gasteiger partial charge in [-0.2, -0.15) is 0 Å². The zero-order valence-corrected chi connectivity index (χ0v) is 11.2. The van der Waals surface area contributed by atoms with Crippen molar-refractivity contribution in [3.8, 4) is 0 Å². The average molecular weight is 238 g/mol. The number of carbonyl (C=O) groups is 1. The van der Waals surface area contributed by atoms with Crippen molar-refractivity contribution in [2.75, 3.05) is 0 Å². The molecule has 0 aromatic rings. The van der Waals surface area contributed by atoms with Crippen LogP contribution < -0.4 is 0 Å². The van der Waals surface area contributed by atoms with Crippen molar-refractivity contribution < 1.29 is 9.90 Å². The molecule has 3 atom stereocenters. The third kappa shape index (κ3) is 4.18. The van der Waals surface area contributed by atoms with Crippen LogP contribution in [0.25, 0.3) is 0 Å². The predicted molar refractivity (Wildman–Crippen MR) is 70.9 cm³/mol. The van der Waals surface area contributed by atoms with Crippen LogP contribution in [0.2, 0.25) is 0 Å². The van der Waals surface area contributed by atoms with Crippen molar-refractivity contribution in [2.45, 2.75) is 58.8 Å². The molecular formula is C15H26O2. The van der Waals surface area contributed by atoms with Crippen LogP contribution in [0.15, 0.2) is 12.2 Å². The van der Waals surface area contributed by atoms with Crippen molar-refractivity contribution in [1.82, 2.24) is 0 Å². The van der Waals surface area contributed by atoms with Crippen molar-refractivity contribution in [3.05, 3.63) is 12.2 Å². The van der Waals surface area contributed by atoms with Crippen molar-refractivity contribution in [3.63, 3.8) is 0 Å². The normalized spacial score (nSPS) is 28.9. The zero-order valence-electron chi connectivity index (χ0n) is 11.2. The Labute approximate surface area is 105 Å². The Morgan fingerprint density at radius 2 is 2.06 bits per heavy atom. The van der Waals surface area contributed by atoms with Gasteiger partial charge in [0.25, 0.3) is 0 Å². The highest BCUT2D eigenvalue weighted by molar-refractivity contribution is 5.70. The summed E-state index contributed by atoms with van der Waals surface area (Å²) in [6, 6.07) is 0. The van der Waals surface area contributed by atoms with Crippen LogP contribution in [-0.2, 0) is 4.79 Å². The molecule has 0 heterocycles. The molecule has 2 nitrogen and oxygen atoms in total. The summed E-state index contributed by atoms with van der Waals surface area (Å²) in [5.41, 5.74) is 1.21. The van der Waals surface area contributed by atoms with Crippen molar-refractivity contribution in [1.29, 1.82) is 0 Å². The minimum Gasteiger partial charge on any atom is -0.481 e. The van der Waals surface area contributed by atoms with Gasteiger partial charge in [0.2, 0.25) is 0 Å². The molecule has 1 N–H and O–H groups in total. The van der Waals surface area contributed by atoms with Crippen LogP contribution >= 0.6 is 0 Å². The molecule has 17 heavy (non-hydrogen) atoms. The summed E-state index contributed by atoms with van der Waals surface area (Å²) in [5.74, 6) is 0.329. The number of allylic oxidation sites excluding steroid dienone is 1. The van der Waals surface area contributed by atoms with E-state index < -0.39 is 5.97 Å². The molecule has 98 valence electrons. The molecule has 1 saturated carbocycles. The number of carboxylic acid groups (broad SMARTS) is 1. The molecule has 1 fully saturated rings. The highest BCUT2D eigenvalue weighted by atomic mass is 16.4. The molecule has 1 rings (SSSR count). The van der Waals surface area contributed by atoms with E-state index in [2.05, 4.69) is 20.4 Å². The van der Waals surface area contributed by atoms with Crippen LogP contribution in [0.3, 0.4) is 0 Å². The van der Waals surface area contributed by atoms with Crippen LogP contribution in [0.4, 0.5) is 0 Å². The first-order chi connectivity index (χ1) is 8.08. The standard InChI is InChI=1S/C15H26O2/c1-4-6-12-7-8-14(15(16)17)13(10-12)9-11(3)5-2/h12-14H,3-10H2,1-2H3,(H,16,17). The van der Waals surface area contributed by atoms with Crippen molar-refractivity contribution >= 4 is 5.97 Å². The lowest BCUT2D eigenvalue weighted by Crippen LogP contribution is -2.31. The summed E-state index contributed by atoms with van der Waals surface area (Å²) in [6.07, 6.45) is 7.39. The Hall–Kier alpha value is -0.790. The third-order valence-corrected chi connectivity index (χ3v) is 4.16. The van der Waals surface area contributed by atoms with Gasteiger partial charge < -0.3 is 5.11 Å². The maximum atomic E-state index is 11.3. The molecular weight excluding hydrogens is 212 g/mol. The highest BCUT2D eigenvalue weighted by Gasteiger charge is 2.34. The summed E-state index contributed by atoms with van der Waals surface area (Å²) >= 11 is 0. The van der Waals surface area contributed by atoms with Gasteiger partial charge in [-0.3, -0.25) is 4.79 Å². The maximum Gasteiger partial charge on any atom is 0.306 e. The molecule has 0 aromatic heterocycles. The van der Waals surface area contributed by atoms with E-state index in [1.807, 2.05) is 0 Å². The minimum atomic E-state index is -0.603. The molecule has 0 amide bonds. The first-order valence-electron chi connectivity index (χ1n) is 6.97. The number of hydrogen-bond donors (Lipinski definition) is 1. The van der Waals surface area contributed by atoms with E-state index in [1.54, 1.807) is 0 Å². The Morgan fingerprint density at radius 3 is 2.59 bits per heavy atom. The van der Waals surface area contributed by atoms with E-state index in [9.17, 15) is 9.90 Å². The molecule has 1 aliphatic rings. The molecule has 3 unspecified atom stereocenters. The molecule has 2 heteroatoms. The summed E-state index contributed by atoms with van der Waals surface area (Å²) < 4.78 is 0. The second kappa shape index (κ2) is 6.83. The Balaban J connectivity index is 2.62. The second-order valence-electron chi connectivity index (χ2n) is 5.48. The Kier molecular flexibility index (Phi) is 5.73. The molecule has 0 bridgehead atoms. The fraction of sp³-hybridized carbons (Fsp3) is 0.800. The van der Waals surface area contributed by atoms with E-state index in [1.165, 1.54) is 18.4 Å². The van der Waals surface area contributed by atoms with Crippen LogP contribution in [-0.4, -0.2) is 11.1 Å². The summed E-state index contributed by atoms with van der Waals surface area (Å²) in [4.78, 5) is 11.3. The monoisotopic (exact) mass is 238 g/mol. The SMILES string of the molecule is C=C(CC)CC1CC(CCC)CCC1C(=O)O. The highest BCUT2D eigenvalue weighted by Crippen LogP contribution is 2.39. The molecule has 1 aliphatic carbocycles. The fourth-order valence-corrected chi connectivity index (χ4v) is 3.10. The lowest BCUT2D eigenvalue weighted by atomic mass is 9.70. The summed E-state index contributed by atoms with van der Waals surface area (Å²) in [6.45, 7) is 8.35. The lowest BCUT2D eigenvalue weighted by Gasteiger charge is -2.34. The summed E-state index contributed by atoms with van der Waals surface area (Å²) in [7, 11) is 0. The van der Waals surface area contributed by atoms with Gasteiger partial charge in [-0.15, -0.1) is 0 Å². The Bertz CT molecular complexity index is 270. The third-order valence-electron chi connectivity index (χ3n) is 4.16. The van der Waals surface area contributed by atoms with Crippen molar-refractivity contribution in [2.24, 2.45) is 17.8 Å². The smallest absolute Gasteiger partial charge is 0.306 e. The zero-order chi connectivity index (χ0) is 12.8. The first kappa shape index (κ1) is 14.3. The van der Waals surface area contributed by atoms with Gasteiger partial charge in [0, 0.05) is 0 Å². The van der Waals surface area contributed by atoms with Gasteiger partial charge in [0.05, 0.1) is 5.92 Å². The van der Waals surface area contributed by atoms with Crippen LogP contribution in [0.5, 0.6) is 0 Å². The van der Waals surface area contributed by atoms with Gasteiger partial charge in [0.1, 0.15) is 0 Å². The van der Waals surface area contributed by atoms with E-state index in [-0.39, 0.29) is 5.92 Å². The second-order valence-corrected chi connectivity index (χ2v) is 5.48. The Morgan fingerprint density at radius 1 is 1.35 bits per heavy atom. The number of rotatable bonds is 6. The summed E-state index contributed by atoms with van der Waals surface area (Å²) in [5, 5.41) is 9.28. The number of carboxylic acids is 1. The van der Waals surface area contributed by atoms with Crippen LogP contribution in [0.1, 0.15) is 58.8 Å². The topological polar surface area (TPSA) is 37.3 Å². The van der Waals surface area contributed by atoms with Crippen LogP contribution in [0, 0.1) is 17.8 Å². The molecule has 0 saturated heterocycles. The van der Waals surface area contributed by atoms with E-state index in [4.69, 9.17) is 0 Å². The van der Waals surface area contributed by atoms with Gasteiger partial charge >= 0.3 is 5.97 Å². The minimum absolute atomic E-state index is 0.133. The molecule has 0 aromatic carbocycles. The van der Waals surface area contributed by atoms with E-state index >= 15 is 0 Å². The quantitative estimate of drug-likeness (QED) is 0.702. The molecule has 0 spiro atoms. The predicted octanol–water partition coefficient (Wildman–Crippen LogP) is 4.26. The maximum absolute atomic E-state index is 11.3. The van der Waals surface area contributed by atoms with Gasteiger partial charge in [0.15, 0.2) is 0 Å². The molecule has 0 radical (unpaired) electrons. The lowest BCUT2D eigenvalue weighted by molar-refractivity contribution is -0.145. The van der Waals surface area contributed by atoms with E-state index in [0.717, 1.165) is 38.0 Å². The number of aliphatic carboxylic acids is 1. The fourth-order valence-electron chi connectivity index (χ4n) is 3.10. The number of hydrogen-bond acceptors (Lipinski definition) is 1. The average Bonchev–Trinajstić information content (AvgIpc) is 2.29. The first-order valence-corrected chi connectivity index (χ1v) is 6.97. The van der Waals surface area contributed by atoms with Gasteiger partial charge in [-0.05, 0) is 43.9 Å². The molecule has 0 aliphatic heterocycles.